The summed E-state index contributed by atoms with van der Waals surface area (Å²) in [6.07, 6.45) is 3.11. The molecule has 14 nitrogen and oxygen atoms in total. The molecule has 2 fully saturated rings. The van der Waals surface area contributed by atoms with Gasteiger partial charge in [0.2, 0.25) is 0 Å². The molecule has 2 aromatic rings. The Hall–Kier alpha value is -4.88. The molecule has 0 heterocycles. The van der Waals surface area contributed by atoms with Crippen molar-refractivity contribution >= 4 is 24.2 Å². The number of carbonyl (C=O) groups is 4. The van der Waals surface area contributed by atoms with Crippen molar-refractivity contribution < 1.29 is 67.1 Å². The molecule has 0 N–H and O–H groups in total. The summed E-state index contributed by atoms with van der Waals surface area (Å²) in [6.45, 7) is 4.51. The van der Waals surface area contributed by atoms with Crippen molar-refractivity contribution in [2.75, 3.05) is 28.4 Å². The number of rotatable bonds is 10. The van der Waals surface area contributed by atoms with Gasteiger partial charge in [-0.1, -0.05) is 13.8 Å². The predicted molar refractivity (Wildman–Crippen MR) is 170 cm³/mol. The van der Waals surface area contributed by atoms with E-state index in [2.05, 4.69) is 33.4 Å². The Labute approximate surface area is 285 Å². The van der Waals surface area contributed by atoms with Gasteiger partial charge in [0.15, 0.2) is 0 Å². The van der Waals surface area contributed by atoms with Crippen molar-refractivity contribution in [2.45, 2.75) is 77.4 Å². The lowest BCUT2D eigenvalue weighted by Gasteiger charge is -2.46. The van der Waals surface area contributed by atoms with E-state index in [1.54, 1.807) is 12.1 Å². The first-order valence-corrected chi connectivity index (χ1v) is 16.1. The fourth-order valence-electron chi connectivity index (χ4n) is 6.58. The van der Waals surface area contributed by atoms with E-state index < -0.39 is 24.2 Å². The molecule has 2 saturated carbocycles. The van der Waals surface area contributed by atoms with Gasteiger partial charge in [-0.25, -0.2) is 29.1 Å². The van der Waals surface area contributed by atoms with Gasteiger partial charge >= 0.3 is 24.2 Å². The molecular weight excluding hydrogens is 644 g/mol. The van der Waals surface area contributed by atoms with Crippen LogP contribution in [-0.4, -0.2) is 64.9 Å². The highest BCUT2D eigenvalue weighted by molar-refractivity contribution is 5.91. The number of hydrogen-bond acceptors (Lipinski definition) is 14. The van der Waals surface area contributed by atoms with Gasteiger partial charge in [0.1, 0.15) is 35.2 Å². The van der Waals surface area contributed by atoms with Crippen LogP contribution in [0.3, 0.4) is 0 Å². The molecule has 0 atom stereocenters. The fourth-order valence-corrected chi connectivity index (χ4v) is 6.58. The number of carbonyl (C=O) groups excluding carboxylic acids is 4. The van der Waals surface area contributed by atoms with Gasteiger partial charge in [-0.3, -0.25) is 0 Å². The fraction of sp³-hybridized carbons (Fsp3) is 0.543. The second-order valence-corrected chi connectivity index (χ2v) is 12.6. The van der Waals surface area contributed by atoms with Crippen molar-refractivity contribution in [3.63, 3.8) is 0 Å². The summed E-state index contributed by atoms with van der Waals surface area (Å²) >= 11 is 0. The molecule has 2 aliphatic rings. The maximum absolute atomic E-state index is 12.4. The van der Waals surface area contributed by atoms with Crippen LogP contribution >= 0.6 is 0 Å². The average Bonchev–Trinajstić information content (AvgIpc) is 3.12. The molecule has 0 amide bonds. The minimum absolute atomic E-state index is 0.00237. The van der Waals surface area contributed by atoms with Gasteiger partial charge < -0.3 is 28.4 Å². The Morgan fingerprint density at radius 1 is 0.490 bits per heavy atom. The largest absolute Gasteiger partial charge is 0.550 e. The summed E-state index contributed by atoms with van der Waals surface area (Å²) in [4.78, 5) is 67.9. The standard InChI is InChI=1S/C35H44O14/c1-35(2,23-7-11-25(12-8-23)44-33(38)48-46-31(36)21-15-27(40-3)19-28(16-21)41-4)24-9-13-26(14-10-24)45-34(39)49-47-32(37)22-17-29(42-5)20-30(18-22)43-6/h15-20,23-26H,7-14H2,1-6H3. The minimum Gasteiger partial charge on any atom is -0.497 e. The number of hydrogen-bond donors (Lipinski definition) is 0. The predicted octanol–water partition coefficient (Wildman–Crippen LogP) is 7.02. The Morgan fingerprint density at radius 2 is 0.796 bits per heavy atom. The SMILES string of the molecule is COc1cc(OC)cc(C(=O)OOC(=O)OC2CCC(C(C)(C)C3CCC(OC(=O)OOC(=O)c4cc(OC)cc(OC)c4)CC3)CC2)c1. The highest BCUT2D eigenvalue weighted by atomic mass is 17.2. The summed E-state index contributed by atoms with van der Waals surface area (Å²) in [5.74, 6) is 0.506. The maximum Gasteiger partial charge on any atom is 0.550 e. The van der Waals surface area contributed by atoms with E-state index in [0.29, 0.717) is 60.5 Å². The summed E-state index contributed by atoms with van der Waals surface area (Å²) < 4.78 is 31.4. The van der Waals surface area contributed by atoms with Crippen LogP contribution in [0.25, 0.3) is 0 Å². The number of benzene rings is 2. The smallest absolute Gasteiger partial charge is 0.497 e. The van der Waals surface area contributed by atoms with Crippen LogP contribution in [0.15, 0.2) is 36.4 Å². The second kappa shape index (κ2) is 17.0. The third kappa shape index (κ3) is 10.1. The molecule has 4 rings (SSSR count). The van der Waals surface area contributed by atoms with Gasteiger partial charge in [-0.05, 0) is 92.9 Å². The molecule has 0 bridgehead atoms. The molecule has 0 unspecified atom stereocenters. The van der Waals surface area contributed by atoms with Crippen LogP contribution < -0.4 is 18.9 Å². The average molecular weight is 689 g/mol. The quantitative estimate of drug-likeness (QED) is 0.142. The zero-order chi connectivity index (χ0) is 35.6. The second-order valence-electron chi connectivity index (χ2n) is 12.6. The van der Waals surface area contributed by atoms with E-state index >= 15 is 0 Å². The van der Waals surface area contributed by atoms with Crippen molar-refractivity contribution in [1.29, 1.82) is 0 Å². The summed E-state index contributed by atoms with van der Waals surface area (Å²) in [5.41, 5.74) is 0.164. The molecule has 0 spiro atoms. The van der Waals surface area contributed by atoms with Gasteiger partial charge in [0.05, 0.1) is 39.6 Å². The molecule has 0 aliphatic heterocycles. The number of methoxy groups -OCH3 is 4. The van der Waals surface area contributed by atoms with Gasteiger partial charge in [-0.15, -0.1) is 0 Å². The monoisotopic (exact) mass is 688 g/mol. The van der Waals surface area contributed by atoms with Crippen LogP contribution in [0, 0.1) is 17.3 Å². The van der Waals surface area contributed by atoms with E-state index in [1.807, 2.05) is 0 Å². The van der Waals surface area contributed by atoms with Crippen LogP contribution in [0.2, 0.25) is 0 Å². The van der Waals surface area contributed by atoms with Gasteiger partial charge in [0, 0.05) is 12.1 Å². The van der Waals surface area contributed by atoms with Crippen molar-refractivity contribution in [3.05, 3.63) is 47.5 Å². The van der Waals surface area contributed by atoms with Crippen LogP contribution in [0.1, 0.15) is 85.9 Å². The van der Waals surface area contributed by atoms with E-state index in [-0.39, 0.29) is 28.7 Å². The van der Waals surface area contributed by atoms with E-state index in [1.165, 1.54) is 52.7 Å². The third-order valence-electron chi connectivity index (χ3n) is 9.52. The van der Waals surface area contributed by atoms with Crippen molar-refractivity contribution in [1.82, 2.24) is 0 Å². The zero-order valence-corrected chi connectivity index (χ0v) is 28.6. The topological polar surface area (TPSA) is 161 Å². The minimum atomic E-state index is -1.09. The first-order chi connectivity index (χ1) is 23.4. The molecule has 2 aromatic carbocycles. The Morgan fingerprint density at radius 3 is 1.08 bits per heavy atom. The number of ether oxygens (including phenoxy) is 6. The Kier molecular flexibility index (Phi) is 12.8. The van der Waals surface area contributed by atoms with Gasteiger partial charge in [0.25, 0.3) is 0 Å². The first-order valence-electron chi connectivity index (χ1n) is 16.1. The molecule has 0 radical (unpaired) electrons. The molecular formula is C35H44O14. The molecule has 0 saturated heterocycles. The lowest BCUT2D eigenvalue weighted by atomic mass is 9.60. The summed E-state index contributed by atoms with van der Waals surface area (Å²) in [5, 5.41) is 0. The van der Waals surface area contributed by atoms with Gasteiger partial charge in [-0.2, -0.15) is 9.59 Å². The normalized spacial score (nSPS) is 20.5. The first kappa shape index (κ1) is 36.9. The molecule has 2 aliphatic carbocycles. The highest BCUT2D eigenvalue weighted by Gasteiger charge is 2.41. The van der Waals surface area contributed by atoms with E-state index in [0.717, 1.165) is 25.7 Å². The van der Waals surface area contributed by atoms with Crippen molar-refractivity contribution in [2.24, 2.45) is 17.3 Å². The highest BCUT2D eigenvalue weighted by Crippen LogP contribution is 2.49. The zero-order valence-electron chi connectivity index (χ0n) is 28.6. The lowest BCUT2D eigenvalue weighted by Crippen LogP contribution is -2.39. The van der Waals surface area contributed by atoms with E-state index in [4.69, 9.17) is 28.4 Å². The van der Waals surface area contributed by atoms with Crippen LogP contribution in [0.4, 0.5) is 9.59 Å². The van der Waals surface area contributed by atoms with Crippen LogP contribution in [0.5, 0.6) is 23.0 Å². The Balaban J connectivity index is 1.15. The lowest BCUT2D eigenvalue weighted by molar-refractivity contribution is -0.209. The molecule has 49 heavy (non-hydrogen) atoms. The summed E-state index contributed by atoms with van der Waals surface area (Å²) in [7, 11) is 5.79. The molecule has 268 valence electrons. The van der Waals surface area contributed by atoms with Crippen molar-refractivity contribution in [3.8, 4) is 23.0 Å². The maximum atomic E-state index is 12.4. The molecule has 14 heteroatoms. The molecule has 0 aromatic heterocycles. The summed E-state index contributed by atoms with van der Waals surface area (Å²) in [6, 6.07) is 8.90. The third-order valence-corrected chi connectivity index (χ3v) is 9.52. The van der Waals surface area contributed by atoms with Crippen LogP contribution in [-0.2, 0) is 29.0 Å². The Bertz CT molecular complexity index is 1300. The van der Waals surface area contributed by atoms with E-state index in [9.17, 15) is 19.2 Å².